The monoisotopic (exact) mass is 308 g/mol. The number of benzene rings is 1. The van der Waals surface area contributed by atoms with Gasteiger partial charge in [-0.15, -0.1) is 0 Å². The first-order valence-electron chi connectivity index (χ1n) is 6.86. The van der Waals surface area contributed by atoms with E-state index in [0.29, 0.717) is 10.6 Å². The van der Waals surface area contributed by atoms with Gasteiger partial charge in [-0.3, -0.25) is 0 Å². The van der Waals surface area contributed by atoms with Gasteiger partial charge in [0.05, 0.1) is 12.9 Å². The van der Waals surface area contributed by atoms with E-state index in [4.69, 9.17) is 11.6 Å². The van der Waals surface area contributed by atoms with Crippen LogP contribution in [0.1, 0.15) is 32.4 Å². The Morgan fingerprint density at radius 1 is 1.24 bits per heavy atom. The molecule has 0 radical (unpaired) electrons. The van der Waals surface area contributed by atoms with E-state index in [1.165, 1.54) is 0 Å². The minimum Gasteiger partial charge on any atom is -0.385 e. The Morgan fingerprint density at radius 2 is 1.86 bits per heavy atom. The molecule has 2 aromatic rings. The lowest BCUT2D eigenvalue weighted by Gasteiger charge is -2.44. The molecule has 0 amide bonds. The van der Waals surface area contributed by atoms with Gasteiger partial charge in [0.15, 0.2) is 0 Å². The molecular formula is C16H21ClN2O2. The third-order valence-corrected chi connectivity index (χ3v) is 4.17. The number of aliphatic hydroxyl groups excluding tert-OH is 1. The molecule has 0 spiro atoms. The van der Waals surface area contributed by atoms with E-state index in [-0.39, 0.29) is 6.54 Å². The van der Waals surface area contributed by atoms with Crippen LogP contribution < -0.4 is 0 Å². The highest BCUT2D eigenvalue weighted by Crippen LogP contribution is 2.41. The van der Waals surface area contributed by atoms with Gasteiger partial charge in [0.2, 0.25) is 0 Å². The van der Waals surface area contributed by atoms with Crippen molar-refractivity contribution < 1.29 is 10.2 Å². The molecule has 0 bridgehead atoms. The molecule has 0 aliphatic heterocycles. The molecular weight excluding hydrogens is 288 g/mol. The molecule has 2 atom stereocenters. The number of aliphatic hydroxyl groups is 2. The van der Waals surface area contributed by atoms with Crippen molar-refractivity contribution in [2.45, 2.75) is 39.0 Å². The zero-order valence-corrected chi connectivity index (χ0v) is 13.2. The van der Waals surface area contributed by atoms with Crippen molar-refractivity contribution in [2.24, 2.45) is 5.41 Å². The average Bonchev–Trinajstić information content (AvgIpc) is 2.90. The number of halogens is 1. The summed E-state index contributed by atoms with van der Waals surface area (Å²) >= 11 is 5.88. The number of rotatable bonds is 4. The summed E-state index contributed by atoms with van der Waals surface area (Å²) < 4.78 is 1.77. The van der Waals surface area contributed by atoms with Gasteiger partial charge in [-0.25, -0.2) is 4.98 Å². The standard InChI is InChI=1S/C16H21ClN2O2/c1-15(2,3)16(21,10-19-9-8-18-11-19)14(20)12-4-6-13(17)7-5-12/h4-9,11,14,20-21H,10H2,1-3H3. The molecule has 1 aromatic carbocycles. The summed E-state index contributed by atoms with van der Waals surface area (Å²) in [5.41, 5.74) is -1.24. The van der Waals surface area contributed by atoms with Crippen LogP contribution in [-0.2, 0) is 6.54 Å². The van der Waals surface area contributed by atoms with Crippen molar-refractivity contribution >= 4 is 11.6 Å². The summed E-state index contributed by atoms with van der Waals surface area (Å²) in [6, 6.07) is 6.88. The molecule has 0 fully saturated rings. The van der Waals surface area contributed by atoms with Crippen LogP contribution in [0, 0.1) is 5.41 Å². The van der Waals surface area contributed by atoms with Crippen LogP contribution in [0.4, 0.5) is 0 Å². The smallest absolute Gasteiger partial charge is 0.117 e. The Balaban J connectivity index is 2.37. The summed E-state index contributed by atoms with van der Waals surface area (Å²) in [6.45, 7) is 5.97. The maximum Gasteiger partial charge on any atom is 0.117 e. The van der Waals surface area contributed by atoms with Crippen LogP contribution in [0.25, 0.3) is 0 Å². The van der Waals surface area contributed by atoms with Crippen molar-refractivity contribution in [1.82, 2.24) is 9.55 Å². The summed E-state index contributed by atoms with van der Waals surface area (Å²) in [5, 5.41) is 22.5. The molecule has 2 rings (SSSR count). The normalized spacial score (nSPS) is 16.5. The van der Waals surface area contributed by atoms with Gasteiger partial charge in [0, 0.05) is 17.4 Å². The summed E-state index contributed by atoms with van der Waals surface area (Å²) in [4.78, 5) is 3.98. The Kier molecular flexibility index (Phi) is 4.42. The minimum absolute atomic E-state index is 0.250. The summed E-state index contributed by atoms with van der Waals surface area (Å²) in [7, 11) is 0. The molecule has 4 nitrogen and oxygen atoms in total. The summed E-state index contributed by atoms with van der Waals surface area (Å²) in [5.74, 6) is 0. The fourth-order valence-corrected chi connectivity index (χ4v) is 2.44. The molecule has 1 aromatic heterocycles. The number of imidazole rings is 1. The molecule has 0 aliphatic rings. The van der Waals surface area contributed by atoms with Crippen molar-refractivity contribution in [3.8, 4) is 0 Å². The highest BCUT2D eigenvalue weighted by atomic mass is 35.5. The Hall–Kier alpha value is -1.36. The largest absolute Gasteiger partial charge is 0.385 e. The van der Waals surface area contributed by atoms with Gasteiger partial charge < -0.3 is 14.8 Å². The quantitative estimate of drug-likeness (QED) is 0.912. The first-order valence-corrected chi connectivity index (χ1v) is 7.23. The average molecular weight is 309 g/mol. The lowest BCUT2D eigenvalue weighted by molar-refractivity contribution is -0.154. The van der Waals surface area contributed by atoms with E-state index < -0.39 is 17.1 Å². The fraction of sp³-hybridized carbons (Fsp3) is 0.438. The number of hydrogen-bond acceptors (Lipinski definition) is 3. The molecule has 0 saturated carbocycles. The van der Waals surface area contributed by atoms with E-state index in [1.807, 2.05) is 20.8 Å². The fourth-order valence-electron chi connectivity index (χ4n) is 2.31. The predicted octanol–water partition coefficient (Wildman–Crippen LogP) is 3.05. The first kappa shape index (κ1) is 16.0. The van der Waals surface area contributed by atoms with Crippen molar-refractivity contribution in [1.29, 1.82) is 0 Å². The first-order chi connectivity index (χ1) is 9.74. The highest BCUT2D eigenvalue weighted by Gasteiger charge is 2.47. The Labute approximate surface area is 130 Å². The second-order valence-corrected chi connectivity index (χ2v) is 6.80. The van der Waals surface area contributed by atoms with Gasteiger partial charge in [-0.1, -0.05) is 44.5 Å². The maximum absolute atomic E-state index is 11.2. The van der Waals surface area contributed by atoms with Crippen LogP contribution in [0.2, 0.25) is 5.02 Å². The third-order valence-electron chi connectivity index (χ3n) is 3.92. The molecule has 0 aliphatic carbocycles. The molecule has 21 heavy (non-hydrogen) atoms. The zero-order chi connectivity index (χ0) is 15.7. The molecule has 5 heteroatoms. The second-order valence-electron chi connectivity index (χ2n) is 6.36. The van der Waals surface area contributed by atoms with Crippen LogP contribution in [0.15, 0.2) is 43.0 Å². The molecule has 0 saturated heterocycles. The van der Waals surface area contributed by atoms with Crippen molar-refractivity contribution in [2.75, 3.05) is 0 Å². The number of nitrogens with zero attached hydrogens (tertiary/aromatic N) is 2. The molecule has 2 unspecified atom stereocenters. The second kappa shape index (κ2) is 5.79. The van der Waals surface area contributed by atoms with E-state index in [1.54, 1.807) is 47.6 Å². The van der Waals surface area contributed by atoms with Crippen LogP contribution in [0.5, 0.6) is 0 Å². The lowest BCUT2D eigenvalue weighted by Crippen LogP contribution is -2.51. The molecule has 1 heterocycles. The van der Waals surface area contributed by atoms with Gasteiger partial charge in [-0.2, -0.15) is 0 Å². The zero-order valence-electron chi connectivity index (χ0n) is 12.5. The van der Waals surface area contributed by atoms with Gasteiger partial charge in [0.25, 0.3) is 0 Å². The van der Waals surface area contributed by atoms with E-state index in [2.05, 4.69) is 4.98 Å². The van der Waals surface area contributed by atoms with Crippen molar-refractivity contribution in [3.05, 3.63) is 53.6 Å². The van der Waals surface area contributed by atoms with E-state index >= 15 is 0 Å². The highest BCUT2D eigenvalue weighted by molar-refractivity contribution is 6.30. The van der Waals surface area contributed by atoms with Gasteiger partial charge in [-0.05, 0) is 23.1 Å². The van der Waals surface area contributed by atoms with E-state index in [9.17, 15) is 10.2 Å². The molecule has 2 N–H and O–H groups in total. The third kappa shape index (κ3) is 3.28. The maximum atomic E-state index is 11.2. The number of aromatic nitrogens is 2. The molecule has 114 valence electrons. The topological polar surface area (TPSA) is 58.3 Å². The SMILES string of the molecule is CC(C)(C)C(O)(Cn1ccnc1)C(O)c1ccc(Cl)cc1. The Bertz CT molecular complexity index is 575. The minimum atomic E-state index is -1.35. The predicted molar refractivity (Wildman–Crippen MR) is 83.0 cm³/mol. The lowest BCUT2D eigenvalue weighted by atomic mass is 9.71. The van der Waals surface area contributed by atoms with Crippen LogP contribution in [-0.4, -0.2) is 25.4 Å². The van der Waals surface area contributed by atoms with E-state index in [0.717, 1.165) is 0 Å². The number of hydrogen-bond donors (Lipinski definition) is 2. The van der Waals surface area contributed by atoms with Crippen molar-refractivity contribution in [3.63, 3.8) is 0 Å². The van der Waals surface area contributed by atoms with Crippen LogP contribution >= 0.6 is 11.6 Å². The summed E-state index contributed by atoms with van der Waals surface area (Å²) in [6.07, 6.45) is 4.02. The Morgan fingerprint density at radius 3 is 2.33 bits per heavy atom. The van der Waals surface area contributed by atoms with Crippen LogP contribution in [0.3, 0.4) is 0 Å². The van der Waals surface area contributed by atoms with Gasteiger partial charge in [0.1, 0.15) is 11.7 Å². The van der Waals surface area contributed by atoms with Gasteiger partial charge >= 0.3 is 0 Å².